The van der Waals surface area contributed by atoms with Gasteiger partial charge in [0.25, 0.3) is 0 Å². The maximum atomic E-state index is 11.6. The first-order chi connectivity index (χ1) is 11.0. The number of hydrogen-bond donors (Lipinski definition) is 2. The van der Waals surface area contributed by atoms with Crippen molar-refractivity contribution in [1.82, 2.24) is 4.98 Å². The minimum absolute atomic E-state index is 0.165. The first-order valence-corrected chi connectivity index (χ1v) is 7.06. The number of aryl methyl sites for hydroxylation is 1. The smallest absolute Gasteiger partial charge is 0.336 e. The molecule has 0 aliphatic heterocycles. The van der Waals surface area contributed by atoms with E-state index in [2.05, 4.69) is 15.3 Å². The lowest BCUT2D eigenvalue weighted by atomic mass is 10.0. The Morgan fingerprint density at radius 1 is 1.35 bits per heavy atom. The van der Waals surface area contributed by atoms with Crippen molar-refractivity contribution >= 4 is 23.2 Å². The quantitative estimate of drug-likeness (QED) is 0.828. The summed E-state index contributed by atoms with van der Waals surface area (Å²) in [6, 6.07) is 8.91. The van der Waals surface area contributed by atoms with E-state index in [0.717, 1.165) is 0 Å². The number of aromatic nitrogens is 1. The molecule has 0 aliphatic carbocycles. The number of benzene rings is 1. The van der Waals surface area contributed by atoms with Crippen LogP contribution in [0, 0.1) is 6.92 Å². The number of nitrogens with one attached hydrogen (secondary N) is 1. The number of pyridine rings is 1. The van der Waals surface area contributed by atoms with Crippen molar-refractivity contribution in [3.8, 4) is 5.75 Å². The highest BCUT2D eigenvalue weighted by atomic mass is 16.5. The van der Waals surface area contributed by atoms with Gasteiger partial charge in [-0.3, -0.25) is 4.99 Å². The van der Waals surface area contributed by atoms with E-state index in [0.29, 0.717) is 34.2 Å². The van der Waals surface area contributed by atoms with E-state index in [1.54, 1.807) is 34.1 Å². The van der Waals surface area contributed by atoms with Crippen LogP contribution in [0.1, 0.15) is 28.5 Å². The summed E-state index contributed by atoms with van der Waals surface area (Å²) in [4.78, 5) is 20.2. The second-order valence-corrected chi connectivity index (χ2v) is 4.97. The molecule has 1 aromatic carbocycles. The number of carbonyl (C=O) groups is 1. The number of methoxy groups -OCH3 is 1. The number of anilines is 2. The fourth-order valence-corrected chi connectivity index (χ4v) is 2.29. The van der Waals surface area contributed by atoms with Gasteiger partial charge in [0.2, 0.25) is 0 Å². The molecule has 0 radical (unpaired) electrons. The molecule has 0 saturated heterocycles. The molecule has 2 aromatic rings. The summed E-state index contributed by atoms with van der Waals surface area (Å²) in [7, 11) is 3.19. The Morgan fingerprint density at radius 3 is 2.65 bits per heavy atom. The molecule has 2 N–H and O–H groups in total. The van der Waals surface area contributed by atoms with Crippen LogP contribution in [-0.2, 0) is 0 Å². The van der Waals surface area contributed by atoms with Crippen molar-refractivity contribution < 1.29 is 14.6 Å². The molecular weight excluding hydrogens is 294 g/mol. The van der Waals surface area contributed by atoms with Crippen molar-refractivity contribution in [3.05, 3.63) is 47.2 Å². The van der Waals surface area contributed by atoms with Gasteiger partial charge in [-0.25, -0.2) is 9.78 Å². The Balaban J connectivity index is 2.63. The van der Waals surface area contributed by atoms with Gasteiger partial charge in [-0.1, -0.05) is 12.1 Å². The Kier molecular flexibility index (Phi) is 4.95. The van der Waals surface area contributed by atoms with Crippen LogP contribution >= 0.6 is 0 Å². The third kappa shape index (κ3) is 3.48. The van der Waals surface area contributed by atoms with E-state index in [-0.39, 0.29) is 5.56 Å². The molecule has 1 aromatic heterocycles. The lowest BCUT2D eigenvalue weighted by molar-refractivity contribution is 0.0696. The highest BCUT2D eigenvalue weighted by Gasteiger charge is 2.19. The number of carboxylic acids is 1. The van der Waals surface area contributed by atoms with E-state index in [4.69, 9.17) is 4.74 Å². The highest BCUT2D eigenvalue weighted by molar-refractivity contribution is 6.11. The summed E-state index contributed by atoms with van der Waals surface area (Å²) in [6.45, 7) is 3.51. The summed E-state index contributed by atoms with van der Waals surface area (Å²) in [6.07, 6.45) is 0. The zero-order valence-electron chi connectivity index (χ0n) is 13.5. The lowest BCUT2D eigenvalue weighted by Crippen LogP contribution is -2.13. The summed E-state index contributed by atoms with van der Waals surface area (Å²) < 4.78 is 5.32. The van der Waals surface area contributed by atoms with Gasteiger partial charge in [-0.2, -0.15) is 0 Å². The molecule has 0 fully saturated rings. The Labute approximate surface area is 134 Å². The Morgan fingerprint density at radius 2 is 2.04 bits per heavy atom. The lowest BCUT2D eigenvalue weighted by Gasteiger charge is -2.16. The predicted molar refractivity (Wildman–Crippen MR) is 90.3 cm³/mol. The fraction of sp³-hybridized carbons (Fsp3) is 0.235. The molecular formula is C17H19N3O3. The van der Waals surface area contributed by atoms with E-state index in [1.165, 1.54) is 0 Å². The van der Waals surface area contributed by atoms with Crippen molar-refractivity contribution in [2.24, 2.45) is 4.99 Å². The van der Waals surface area contributed by atoms with E-state index in [1.807, 2.05) is 24.3 Å². The van der Waals surface area contributed by atoms with Crippen LogP contribution in [0.15, 0.2) is 35.3 Å². The molecule has 0 spiro atoms. The monoisotopic (exact) mass is 313 g/mol. The van der Waals surface area contributed by atoms with Gasteiger partial charge in [0, 0.05) is 18.5 Å². The van der Waals surface area contributed by atoms with Crippen molar-refractivity contribution in [2.75, 3.05) is 19.5 Å². The van der Waals surface area contributed by atoms with Crippen LogP contribution in [0.4, 0.5) is 11.5 Å². The number of nitrogens with zero attached hydrogens (tertiary/aromatic N) is 2. The molecule has 0 atom stereocenters. The standard InChI is InChI=1S/C17H19N3O3/c1-10-9-12(17(21)22)15(11(2)18-3)16(19-10)20-13-7-5-6-8-14(13)23-4/h5-9H,1-4H3,(H,19,20)(H,21,22). The third-order valence-corrected chi connectivity index (χ3v) is 3.44. The van der Waals surface area contributed by atoms with Gasteiger partial charge in [0.15, 0.2) is 0 Å². The minimum Gasteiger partial charge on any atom is -0.495 e. The predicted octanol–water partition coefficient (Wildman–Crippen LogP) is 3.28. The highest BCUT2D eigenvalue weighted by Crippen LogP contribution is 2.29. The molecule has 6 nitrogen and oxygen atoms in total. The number of carboxylic acid groups (broad SMARTS) is 1. The van der Waals surface area contributed by atoms with Gasteiger partial charge in [0.1, 0.15) is 11.6 Å². The van der Waals surface area contributed by atoms with Crippen LogP contribution in [0.5, 0.6) is 5.75 Å². The average Bonchev–Trinajstić information content (AvgIpc) is 2.54. The summed E-state index contributed by atoms with van der Waals surface area (Å²) in [5.74, 6) is 0.0660. The van der Waals surface area contributed by atoms with Gasteiger partial charge < -0.3 is 15.2 Å². The van der Waals surface area contributed by atoms with Crippen molar-refractivity contribution in [3.63, 3.8) is 0 Å². The largest absolute Gasteiger partial charge is 0.495 e. The first-order valence-electron chi connectivity index (χ1n) is 7.06. The van der Waals surface area contributed by atoms with Crippen LogP contribution in [-0.4, -0.2) is 35.9 Å². The maximum Gasteiger partial charge on any atom is 0.336 e. The number of rotatable bonds is 5. The van der Waals surface area contributed by atoms with E-state index < -0.39 is 5.97 Å². The molecule has 0 aliphatic rings. The maximum absolute atomic E-state index is 11.6. The van der Waals surface area contributed by atoms with Crippen LogP contribution in [0.25, 0.3) is 0 Å². The molecule has 0 saturated carbocycles. The topological polar surface area (TPSA) is 83.8 Å². The molecule has 120 valence electrons. The molecule has 0 amide bonds. The number of aliphatic imine (C=N–C) groups is 1. The third-order valence-electron chi connectivity index (χ3n) is 3.44. The molecule has 2 rings (SSSR count). The number of ether oxygens (including phenoxy) is 1. The minimum atomic E-state index is -1.02. The van der Waals surface area contributed by atoms with Gasteiger partial charge >= 0.3 is 5.97 Å². The van der Waals surface area contributed by atoms with Gasteiger partial charge in [0.05, 0.1) is 23.9 Å². The summed E-state index contributed by atoms with van der Waals surface area (Å²) in [5, 5.41) is 12.7. The van der Waals surface area contributed by atoms with Crippen LogP contribution < -0.4 is 10.1 Å². The second kappa shape index (κ2) is 6.91. The van der Waals surface area contributed by atoms with E-state index in [9.17, 15) is 9.90 Å². The van der Waals surface area contributed by atoms with Gasteiger partial charge in [-0.15, -0.1) is 0 Å². The Bertz CT molecular complexity index is 770. The van der Waals surface area contributed by atoms with Crippen molar-refractivity contribution in [1.29, 1.82) is 0 Å². The van der Waals surface area contributed by atoms with Gasteiger partial charge in [-0.05, 0) is 32.0 Å². The summed E-state index contributed by atoms with van der Waals surface area (Å²) in [5.41, 5.74) is 2.53. The van der Waals surface area contributed by atoms with Crippen molar-refractivity contribution in [2.45, 2.75) is 13.8 Å². The average molecular weight is 313 g/mol. The summed E-state index contributed by atoms with van der Waals surface area (Å²) >= 11 is 0. The van der Waals surface area contributed by atoms with Crippen LogP contribution in [0.2, 0.25) is 0 Å². The first kappa shape index (κ1) is 16.5. The molecule has 0 unspecified atom stereocenters. The zero-order valence-corrected chi connectivity index (χ0v) is 13.5. The van der Waals surface area contributed by atoms with E-state index >= 15 is 0 Å². The molecule has 0 bridgehead atoms. The second-order valence-electron chi connectivity index (χ2n) is 4.97. The molecule has 6 heteroatoms. The SMILES string of the molecule is CN=C(C)c1c(C(=O)O)cc(C)nc1Nc1ccccc1OC. The normalized spacial score (nSPS) is 11.2. The Hall–Kier alpha value is -2.89. The number of aromatic carboxylic acids is 1. The zero-order chi connectivity index (χ0) is 17.0. The number of para-hydroxylation sites is 2. The fourth-order valence-electron chi connectivity index (χ4n) is 2.29. The number of hydrogen-bond acceptors (Lipinski definition) is 5. The molecule has 23 heavy (non-hydrogen) atoms. The molecule has 1 heterocycles. The van der Waals surface area contributed by atoms with Crippen LogP contribution in [0.3, 0.4) is 0 Å².